The number of hydrogen-bond donors (Lipinski definition) is 2. The van der Waals surface area contributed by atoms with Gasteiger partial charge in [-0.05, 0) is 31.2 Å². The Hall–Kier alpha value is -2.72. The van der Waals surface area contributed by atoms with Crippen LogP contribution in [0.15, 0.2) is 35.8 Å². The van der Waals surface area contributed by atoms with Gasteiger partial charge in [0, 0.05) is 22.8 Å². The first-order valence-corrected chi connectivity index (χ1v) is 6.82. The maximum Gasteiger partial charge on any atom is 0.269 e. The monoisotopic (exact) mass is 302 g/mol. The second kappa shape index (κ2) is 6.63. The molecule has 106 valence electrons. The third-order valence-electron chi connectivity index (χ3n) is 2.48. The summed E-state index contributed by atoms with van der Waals surface area (Å²) in [6.07, 6.45) is 1.36. The molecule has 1 heterocycles. The first kappa shape index (κ1) is 14.7. The molecule has 2 N–H and O–H groups in total. The van der Waals surface area contributed by atoms with Crippen LogP contribution in [-0.2, 0) is 0 Å². The van der Waals surface area contributed by atoms with Crippen LogP contribution in [0.5, 0.6) is 0 Å². The van der Waals surface area contributed by atoms with Crippen molar-refractivity contribution in [1.29, 1.82) is 5.26 Å². The van der Waals surface area contributed by atoms with Crippen molar-refractivity contribution in [2.45, 2.75) is 6.92 Å². The summed E-state index contributed by atoms with van der Waals surface area (Å²) in [5.41, 5.74) is 6.39. The van der Waals surface area contributed by atoms with E-state index in [1.54, 1.807) is 0 Å². The third-order valence-corrected chi connectivity index (χ3v) is 3.47. The molecule has 0 aliphatic rings. The molecule has 1 aromatic carbocycles. The molecule has 0 fully saturated rings. The molecule has 0 aliphatic carbocycles. The Labute approximate surface area is 124 Å². The summed E-state index contributed by atoms with van der Waals surface area (Å²) in [5.74, 6) is -0.843. The van der Waals surface area contributed by atoms with Gasteiger partial charge in [0.1, 0.15) is 22.5 Å². The predicted octanol–water partition coefficient (Wildman–Crippen LogP) is 2.39. The van der Waals surface area contributed by atoms with E-state index in [4.69, 9.17) is 5.26 Å². The minimum Gasteiger partial charge on any atom is -0.304 e. The molecular formula is C14H11FN4OS. The molecule has 0 unspecified atom stereocenters. The Bertz CT molecular complexity index is 715. The number of benzene rings is 1. The predicted molar refractivity (Wildman–Crippen MR) is 77.4 cm³/mol. The minimum absolute atomic E-state index is 0.306. The van der Waals surface area contributed by atoms with Gasteiger partial charge in [-0.1, -0.05) is 0 Å². The molecule has 1 amide bonds. The van der Waals surface area contributed by atoms with Crippen molar-refractivity contribution in [3.05, 3.63) is 57.9 Å². The third kappa shape index (κ3) is 3.87. The van der Waals surface area contributed by atoms with Crippen LogP contribution >= 0.6 is 11.3 Å². The zero-order valence-corrected chi connectivity index (χ0v) is 11.9. The Morgan fingerprint density at radius 3 is 2.71 bits per heavy atom. The number of thiazole rings is 1. The number of carbonyl (C=O) groups is 1. The summed E-state index contributed by atoms with van der Waals surface area (Å²) in [6, 6.07) is 7.13. The molecule has 0 atom stereocenters. The Balaban J connectivity index is 1.99. The van der Waals surface area contributed by atoms with Crippen molar-refractivity contribution in [3.63, 3.8) is 0 Å². The molecule has 2 rings (SSSR count). The average Bonchev–Trinajstić information content (AvgIpc) is 2.90. The Kier molecular flexibility index (Phi) is 4.64. The first-order chi connectivity index (χ1) is 10.1. The van der Waals surface area contributed by atoms with E-state index < -0.39 is 11.7 Å². The fourth-order valence-electron chi connectivity index (χ4n) is 1.47. The Morgan fingerprint density at radius 2 is 2.14 bits per heavy atom. The molecule has 5 nitrogen and oxygen atoms in total. The van der Waals surface area contributed by atoms with Crippen LogP contribution in [-0.4, -0.2) is 10.9 Å². The number of rotatable bonds is 4. The van der Waals surface area contributed by atoms with Gasteiger partial charge in [0.25, 0.3) is 5.91 Å². The number of carbonyl (C=O) groups excluding carboxylic acids is 1. The maximum absolute atomic E-state index is 12.7. The van der Waals surface area contributed by atoms with E-state index in [9.17, 15) is 9.18 Å². The van der Waals surface area contributed by atoms with Gasteiger partial charge in [0.2, 0.25) is 0 Å². The van der Waals surface area contributed by atoms with Crippen LogP contribution in [0, 0.1) is 24.1 Å². The van der Waals surface area contributed by atoms with Crippen LogP contribution < -0.4 is 10.9 Å². The van der Waals surface area contributed by atoms with Gasteiger partial charge in [-0.3, -0.25) is 10.2 Å². The Morgan fingerprint density at radius 1 is 1.43 bits per heavy atom. The van der Waals surface area contributed by atoms with Crippen LogP contribution in [0.25, 0.3) is 5.57 Å². The number of hydrazine groups is 1. The number of nitriles is 1. The van der Waals surface area contributed by atoms with Gasteiger partial charge in [0.15, 0.2) is 0 Å². The average molecular weight is 302 g/mol. The lowest BCUT2D eigenvalue weighted by Crippen LogP contribution is -2.33. The van der Waals surface area contributed by atoms with Crippen molar-refractivity contribution in [1.82, 2.24) is 15.8 Å². The molecule has 7 heteroatoms. The van der Waals surface area contributed by atoms with Crippen molar-refractivity contribution in [3.8, 4) is 6.07 Å². The van der Waals surface area contributed by atoms with Crippen LogP contribution in [0.1, 0.15) is 21.1 Å². The molecule has 0 aliphatic heterocycles. The van der Waals surface area contributed by atoms with Gasteiger partial charge < -0.3 is 5.43 Å². The maximum atomic E-state index is 12.7. The topological polar surface area (TPSA) is 77.8 Å². The lowest BCUT2D eigenvalue weighted by Gasteiger charge is -2.04. The quantitative estimate of drug-likeness (QED) is 0.671. The summed E-state index contributed by atoms with van der Waals surface area (Å²) in [6.45, 7) is 1.83. The zero-order chi connectivity index (χ0) is 15.2. The SMILES string of the molecule is Cc1csc(/C(C#N)=C/NNC(=O)c2ccc(F)cc2)n1. The first-order valence-electron chi connectivity index (χ1n) is 5.94. The summed E-state index contributed by atoms with van der Waals surface area (Å²) in [7, 11) is 0. The number of nitrogens with one attached hydrogen (secondary N) is 2. The molecule has 2 aromatic rings. The number of hydrogen-bond acceptors (Lipinski definition) is 5. The highest BCUT2D eigenvalue weighted by molar-refractivity contribution is 7.10. The fourth-order valence-corrected chi connectivity index (χ4v) is 2.23. The summed E-state index contributed by atoms with van der Waals surface area (Å²) < 4.78 is 12.7. The number of nitrogens with zero attached hydrogens (tertiary/aromatic N) is 2. The number of amides is 1. The van der Waals surface area contributed by atoms with Gasteiger partial charge in [0.05, 0.1) is 0 Å². The number of aryl methyl sites for hydroxylation is 1. The fraction of sp³-hybridized carbons (Fsp3) is 0.0714. The van der Waals surface area contributed by atoms with Crippen molar-refractivity contribution in [2.24, 2.45) is 0 Å². The van der Waals surface area contributed by atoms with E-state index >= 15 is 0 Å². The van der Waals surface area contributed by atoms with Gasteiger partial charge in [-0.25, -0.2) is 9.37 Å². The second-order valence-electron chi connectivity index (χ2n) is 4.07. The molecule has 0 saturated carbocycles. The van der Waals surface area contributed by atoms with Gasteiger partial charge in [-0.2, -0.15) is 5.26 Å². The molecule has 0 saturated heterocycles. The molecule has 1 aromatic heterocycles. The zero-order valence-electron chi connectivity index (χ0n) is 11.1. The number of allylic oxidation sites excluding steroid dienone is 1. The van der Waals surface area contributed by atoms with Crippen molar-refractivity contribution >= 4 is 22.8 Å². The number of aromatic nitrogens is 1. The lowest BCUT2D eigenvalue weighted by molar-refractivity contribution is 0.0941. The normalized spacial score (nSPS) is 10.8. The van der Waals surface area contributed by atoms with E-state index in [-0.39, 0.29) is 0 Å². The van der Waals surface area contributed by atoms with Crippen molar-refractivity contribution < 1.29 is 9.18 Å². The summed E-state index contributed by atoms with van der Waals surface area (Å²) >= 11 is 1.34. The summed E-state index contributed by atoms with van der Waals surface area (Å²) in [4.78, 5) is 15.9. The second-order valence-corrected chi connectivity index (χ2v) is 4.93. The molecule has 21 heavy (non-hydrogen) atoms. The van der Waals surface area contributed by atoms with E-state index in [2.05, 4.69) is 15.8 Å². The highest BCUT2D eigenvalue weighted by atomic mass is 32.1. The molecule has 0 spiro atoms. The van der Waals surface area contributed by atoms with E-state index in [0.717, 1.165) is 5.69 Å². The van der Waals surface area contributed by atoms with Crippen LogP contribution in [0.2, 0.25) is 0 Å². The van der Waals surface area contributed by atoms with E-state index in [1.165, 1.54) is 41.8 Å². The smallest absolute Gasteiger partial charge is 0.269 e. The van der Waals surface area contributed by atoms with Crippen molar-refractivity contribution in [2.75, 3.05) is 0 Å². The van der Waals surface area contributed by atoms with Crippen LogP contribution in [0.3, 0.4) is 0 Å². The largest absolute Gasteiger partial charge is 0.304 e. The standard InChI is InChI=1S/C14H11FN4OS/c1-9-8-21-14(18-9)11(6-16)7-17-19-13(20)10-2-4-12(15)5-3-10/h2-5,7-8,17H,1H3,(H,19,20)/b11-7+. The highest BCUT2D eigenvalue weighted by Gasteiger charge is 2.06. The van der Waals surface area contributed by atoms with Crippen LogP contribution in [0.4, 0.5) is 4.39 Å². The van der Waals surface area contributed by atoms with E-state index in [0.29, 0.717) is 16.1 Å². The summed E-state index contributed by atoms with van der Waals surface area (Å²) in [5, 5.41) is 11.5. The molecular weight excluding hydrogens is 291 g/mol. The lowest BCUT2D eigenvalue weighted by atomic mass is 10.2. The highest BCUT2D eigenvalue weighted by Crippen LogP contribution is 2.17. The molecule has 0 bridgehead atoms. The van der Waals surface area contributed by atoms with E-state index in [1.807, 2.05) is 18.4 Å². The minimum atomic E-state index is -0.432. The van der Waals surface area contributed by atoms with Gasteiger partial charge in [-0.15, -0.1) is 11.3 Å². The van der Waals surface area contributed by atoms with Gasteiger partial charge >= 0.3 is 0 Å². The number of halogens is 1. The molecule has 0 radical (unpaired) electrons.